The summed E-state index contributed by atoms with van der Waals surface area (Å²) in [5.41, 5.74) is 0.870. The second kappa shape index (κ2) is 6.15. The zero-order valence-corrected chi connectivity index (χ0v) is 9.64. The van der Waals surface area contributed by atoms with E-state index in [2.05, 4.69) is 16.3 Å². The number of ether oxygens (including phenoxy) is 3. The highest BCUT2D eigenvalue weighted by molar-refractivity contribution is 5.61. The Morgan fingerprint density at radius 2 is 2.31 bits per heavy atom. The molecular formula is C11H17NO4. The summed E-state index contributed by atoms with van der Waals surface area (Å²) in [6.07, 6.45) is 1.28. The average Bonchev–Trinajstić information content (AvgIpc) is 2.66. The molecule has 0 aromatic carbocycles. The van der Waals surface area contributed by atoms with Gasteiger partial charge in [0.25, 0.3) is 0 Å². The predicted octanol–water partition coefficient (Wildman–Crippen LogP) is 2.27. The van der Waals surface area contributed by atoms with Crippen molar-refractivity contribution >= 4 is 12.6 Å². The first-order chi connectivity index (χ1) is 7.69. The molecule has 0 bridgehead atoms. The number of hydrogen-bond donors (Lipinski definition) is 0. The Morgan fingerprint density at radius 1 is 1.56 bits per heavy atom. The van der Waals surface area contributed by atoms with Crippen molar-refractivity contribution < 1.29 is 19.0 Å². The third-order valence-electron chi connectivity index (χ3n) is 2.13. The topological polar surface area (TPSA) is 57.1 Å². The lowest BCUT2D eigenvalue weighted by Gasteiger charge is -2.18. The molecule has 5 nitrogen and oxygen atoms in total. The van der Waals surface area contributed by atoms with Crippen LogP contribution in [-0.2, 0) is 14.2 Å². The monoisotopic (exact) mass is 227 g/mol. The summed E-state index contributed by atoms with van der Waals surface area (Å²) in [7, 11) is 0. The molecule has 2 atom stereocenters. The minimum absolute atomic E-state index is 0.275. The Bertz CT molecular complexity index is 288. The summed E-state index contributed by atoms with van der Waals surface area (Å²) < 4.78 is 14.9. The molecule has 16 heavy (non-hydrogen) atoms. The second-order valence-electron chi connectivity index (χ2n) is 3.41. The molecule has 0 spiro atoms. The van der Waals surface area contributed by atoms with E-state index >= 15 is 0 Å². The fourth-order valence-corrected chi connectivity index (χ4v) is 1.41. The van der Waals surface area contributed by atoms with Crippen LogP contribution in [0, 0.1) is 0 Å². The van der Waals surface area contributed by atoms with Gasteiger partial charge in [-0.3, -0.25) is 0 Å². The van der Waals surface area contributed by atoms with Crippen molar-refractivity contribution in [3.05, 3.63) is 12.2 Å². The Kier molecular flexibility index (Phi) is 4.82. The maximum absolute atomic E-state index is 11.1. The van der Waals surface area contributed by atoms with E-state index in [1.54, 1.807) is 6.92 Å². The number of carbonyl (C=O) groups is 1. The first-order valence-corrected chi connectivity index (χ1v) is 5.37. The lowest BCUT2D eigenvalue weighted by atomic mass is 10.1. The third kappa shape index (κ3) is 3.25. The zero-order valence-electron chi connectivity index (χ0n) is 9.64. The van der Waals surface area contributed by atoms with Crippen molar-refractivity contribution in [3.8, 4) is 0 Å². The Hall–Kier alpha value is -1.52. The molecule has 0 aromatic heterocycles. The molecule has 0 N–H and O–H groups in total. The molecule has 1 aliphatic heterocycles. The maximum atomic E-state index is 11.1. The fraction of sp³-hybridized carbons (Fsp3) is 0.636. The Labute approximate surface area is 95.1 Å². The van der Waals surface area contributed by atoms with Gasteiger partial charge >= 0.3 is 6.16 Å². The number of carbonyl (C=O) groups excluding carboxylic acids is 1. The van der Waals surface area contributed by atoms with Crippen molar-refractivity contribution in [3.63, 3.8) is 0 Å². The van der Waals surface area contributed by atoms with E-state index < -0.39 is 12.4 Å². The van der Waals surface area contributed by atoms with Gasteiger partial charge in [-0.15, -0.1) is 0 Å². The van der Waals surface area contributed by atoms with Gasteiger partial charge in [-0.05, 0) is 18.9 Å². The Morgan fingerprint density at radius 3 is 2.94 bits per heavy atom. The first kappa shape index (κ1) is 12.5. The van der Waals surface area contributed by atoms with E-state index in [9.17, 15) is 4.79 Å². The summed E-state index contributed by atoms with van der Waals surface area (Å²) in [5, 5.41) is 0. The Balaban J connectivity index is 2.48. The molecule has 0 aliphatic carbocycles. The van der Waals surface area contributed by atoms with E-state index in [4.69, 9.17) is 9.47 Å². The van der Waals surface area contributed by atoms with Gasteiger partial charge in [-0.25, -0.2) is 9.79 Å². The van der Waals surface area contributed by atoms with Crippen molar-refractivity contribution in [1.29, 1.82) is 0 Å². The fourth-order valence-electron chi connectivity index (χ4n) is 1.41. The highest BCUT2D eigenvalue weighted by atomic mass is 16.7. The highest BCUT2D eigenvalue weighted by Gasteiger charge is 2.31. The SMILES string of the molecule is C=C(CCC)C1OC=NC1OC(=O)OCC. The largest absolute Gasteiger partial charge is 0.510 e. The van der Waals surface area contributed by atoms with Crippen LogP contribution < -0.4 is 0 Å². The van der Waals surface area contributed by atoms with Gasteiger partial charge < -0.3 is 14.2 Å². The van der Waals surface area contributed by atoms with Crippen LogP contribution in [-0.4, -0.2) is 31.5 Å². The van der Waals surface area contributed by atoms with E-state index in [0.717, 1.165) is 18.4 Å². The molecule has 2 unspecified atom stereocenters. The summed E-state index contributed by atoms with van der Waals surface area (Å²) >= 11 is 0. The molecule has 0 radical (unpaired) electrons. The molecule has 90 valence electrons. The molecule has 1 aliphatic rings. The van der Waals surface area contributed by atoms with E-state index in [-0.39, 0.29) is 12.7 Å². The number of aliphatic imine (C=N–C) groups is 1. The first-order valence-electron chi connectivity index (χ1n) is 5.37. The molecule has 5 heteroatoms. The van der Waals surface area contributed by atoms with Crippen molar-refractivity contribution in [2.24, 2.45) is 4.99 Å². The lowest BCUT2D eigenvalue weighted by molar-refractivity contribution is 0.00328. The normalized spacial score (nSPS) is 22.6. The standard InChI is InChI=1S/C11H17NO4/c1-4-6-8(3)9-10(12-7-15-9)16-11(13)14-5-2/h7,9-10H,3-6H2,1-2H3. The second-order valence-corrected chi connectivity index (χ2v) is 3.41. The van der Waals surface area contributed by atoms with Gasteiger partial charge in [0.15, 0.2) is 12.5 Å². The van der Waals surface area contributed by atoms with Crippen LogP contribution in [0.25, 0.3) is 0 Å². The molecular weight excluding hydrogens is 210 g/mol. The van der Waals surface area contributed by atoms with Crippen molar-refractivity contribution in [1.82, 2.24) is 0 Å². The number of hydrogen-bond acceptors (Lipinski definition) is 5. The molecule has 0 amide bonds. The van der Waals surface area contributed by atoms with Gasteiger partial charge in [-0.1, -0.05) is 19.9 Å². The van der Waals surface area contributed by atoms with Crippen molar-refractivity contribution in [2.75, 3.05) is 6.61 Å². The molecule has 0 saturated carbocycles. The van der Waals surface area contributed by atoms with Gasteiger partial charge in [-0.2, -0.15) is 0 Å². The van der Waals surface area contributed by atoms with Crippen LogP contribution in [0.15, 0.2) is 17.1 Å². The van der Waals surface area contributed by atoms with Gasteiger partial charge in [0, 0.05) is 0 Å². The van der Waals surface area contributed by atoms with E-state index in [1.807, 2.05) is 6.92 Å². The summed E-state index contributed by atoms with van der Waals surface area (Å²) in [4.78, 5) is 15.0. The molecule has 0 aromatic rings. The highest BCUT2D eigenvalue weighted by Crippen LogP contribution is 2.21. The zero-order chi connectivity index (χ0) is 12.0. The van der Waals surface area contributed by atoms with Crippen molar-refractivity contribution in [2.45, 2.75) is 39.0 Å². The van der Waals surface area contributed by atoms with Gasteiger partial charge in [0.1, 0.15) is 0 Å². The van der Waals surface area contributed by atoms with E-state index in [0.29, 0.717) is 0 Å². The molecule has 0 saturated heterocycles. The minimum atomic E-state index is -0.732. The van der Waals surface area contributed by atoms with Crippen LogP contribution >= 0.6 is 0 Å². The average molecular weight is 227 g/mol. The summed E-state index contributed by atoms with van der Waals surface area (Å²) in [5.74, 6) is 0. The van der Waals surface area contributed by atoms with Crippen LogP contribution in [0.4, 0.5) is 4.79 Å². The molecule has 1 heterocycles. The summed E-state index contributed by atoms with van der Waals surface area (Å²) in [6.45, 7) is 7.92. The smallest absolute Gasteiger partial charge is 0.470 e. The van der Waals surface area contributed by atoms with E-state index in [1.165, 1.54) is 6.40 Å². The van der Waals surface area contributed by atoms with Gasteiger partial charge in [0.05, 0.1) is 6.61 Å². The predicted molar refractivity (Wildman–Crippen MR) is 59.3 cm³/mol. The number of rotatable bonds is 5. The third-order valence-corrected chi connectivity index (χ3v) is 2.13. The van der Waals surface area contributed by atoms with Crippen LogP contribution in [0.1, 0.15) is 26.7 Å². The molecule has 1 rings (SSSR count). The molecule has 0 fully saturated rings. The quantitative estimate of drug-likeness (QED) is 0.534. The maximum Gasteiger partial charge on any atom is 0.510 e. The van der Waals surface area contributed by atoms with Crippen LogP contribution in [0.3, 0.4) is 0 Å². The number of nitrogens with zero attached hydrogens (tertiary/aromatic N) is 1. The van der Waals surface area contributed by atoms with Crippen LogP contribution in [0.5, 0.6) is 0 Å². The van der Waals surface area contributed by atoms with Crippen LogP contribution in [0.2, 0.25) is 0 Å². The minimum Gasteiger partial charge on any atom is -0.470 e. The van der Waals surface area contributed by atoms with Gasteiger partial charge in [0.2, 0.25) is 6.23 Å². The lowest BCUT2D eigenvalue weighted by Crippen LogP contribution is -2.29. The summed E-state index contributed by atoms with van der Waals surface area (Å²) in [6, 6.07) is 0.